The van der Waals surface area contributed by atoms with Gasteiger partial charge in [-0.3, -0.25) is 0 Å². The third-order valence-electron chi connectivity index (χ3n) is 2.59. The van der Waals surface area contributed by atoms with E-state index in [2.05, 4.69) is 43.0 Å². The fourth-order valence-corrected chi connectivity index (χ4v) is 1.95. The molecule has 0 radical (unpaired) electrons. The molecule has 0 aliphatic carbocycles. The molecule has 0 saturated heterocycles. The average Bonchev–Trinajstić information content (AvgIpc) is 2.17. The molecule has 15 heavy (non-hydrogen) atoms. The van der Waals surface area contributed by atoms with Crippen LogP contribution in [0.2, 0.25) is 0 Å². The summed E-state index contributed by atoms with van der Waals surface area (Å²) in [6, 6.07) is 8.54. The Balaban J connectivity index is 2.91. The largest absolute Gasteiger partial charge is 0.373 e. The molecule has 0 aliphatic rings. The van der Waals surface area contributed by atoms with Gasteiger partial charge in [-0.15, -0.1) is 0 Å². The third kappa shape index (κ3) is 2.73. The zero-order chi connectivity index (χ0) is 11.4. The van der Waals surface area contributed by atoms with E-state index in [9.17, 15) is 0 Å². The lowest BCUT2D eigenvalue weighted by Gasteiger charge is -2.24. The van der Waals surface area contributed by atoms with Gasteiger partial charge in [0.15, 0.2) is 0 Å². The Morgan fingerprint density at radius 3 is 2.33 bits per heavy atom. The van der Waals surface area contributed by atoms with Crippen molar-refractivity contribution in [1.29, 1.82) is 5.26 Å². The molecular formula is C13H18N2. The first-order valence-corrected chi connectivity index (χ1v) is 5.23. The summed E-state index contributed by atoms with van der Waals surface area (Å²) in [5, 5.41) is 8.79. The van der Waals surface area contributed by atoms with E-state index in [0.29, 0.717) is 0 Å². The lowest BCUT2D eigenvalue weighted by molar-refractivity contribution is 0.714. The molecule has 0 heterocycles. The van der Waals surface area contributed by atoms with E-state index in [1.807, 2.05) is 14.0 Å². The highest BCUT2D eigenvalue weighted by Gasteiger charge is 2.10. The summed E-state index contributed by atoms with van der Waals surface area (Å²) in [6.07, 6.45) is 0. The van der Waals surface area contributed by atoms with Crippen LogP contribution in [0.25, 0.3) is 0 Å². The van der Waals surface area contributed by atoms with E-state index in [0.717, 1.165) is 6.54 Å². The summed E-state index contributed by atoms with van der Waals surface area (Å²) in [6.45, 7) is 6.94. The third-order valence-corrected chi connectivity index (χ3v) is 2.59. The Bertz CT molecular complexity index is 356. The quantitative estimate of drug-likeness (QED) is 0.753. The molecule has 0 N–H and O–H groups in total. The number of nitrogens with zero attached hydrogens (tertiary/aromatic N) is 2. The molecule has 1 aromatic carbocycles. The molecule has 0 aromatic heterocycles. The van der Waals surface area contributed by atoms with E-state index in [-0.39, 0.29) is 5.92 Å². The van der Waals surface area contributed by atoms with Gasteiger partial charge in [-0.25, -0.2) is 0 Å². The van der Waals surface area contributed by atoms with Crippen LogP contribution in [0.3, 0.4) is 0 Å². The van der Waals surface area contributed by atoms with E-state index < -0.39 is 0 Å². The first-order chi connectivity index (χ1) is 7.06. The number of nitriles is 1. The van der Waals surface area contributed by atoms with Crippen molar-refractivity contribution >= 4 is 5.69 Å². The maximum atomic E-state index is 8.79. The first kappa shape index (κ1) is 11.6. The van der Waals surface area contributed by atoms with Crippen molar-refractivity contribution in [2.75, 3.05) is 18.5 Å². The van der Waals surface area contributed by atoms with Crippen molar-refractivity contribution < 1.29 is 0 Å². The topological polar surface area (TPSA) is 27.0 Å². The highest BCUT2D eigenvalue weighted by atomic mass is 15.1. The Morgan fingerprint density at radius 1 is 1.33 bits per heavy atom. The first-order valence-electron chi connectivity index (χ1n) is 5.23. The highest BCUT2D eigenvalue weighted by molar-refractivity contribution is 5.58. The standard InChI is InChI=1S/C13H18N2/c1-10(8-14)9-15(4)13-11(2)6-5-7-12(13)3/h5-7,10H,9H2,1-4H3. The van der Waals surface area contributed by atoms with Crippen LogP contribution in [-0.2, 0) is 0 Å². The molecule has 0 fully saturated rings. The lowest BCUT2D eigenvalue weighted by Crippen LogP contribution is -2.24. The van der Waals surface area contributed by atoms with Crippen molar-refractivity contribution in [1.82, 2.24) is 0 Å². The summed E-state index contributed by atoms with van der Waals surface area (Å²) >= 11 is 0. The second-order valence-electron chi connectivity index (χ2n) is 4.15. The maximum Gasteiger partial charge on any atom is 0.0671 e. The molecule has 1 unspecified atom stereocenters. The van der Waals surface area contributed by atoms with E-state index in [4.69, 9.17) is 5.26 Å². The molecule has 1 aromatic rings. The van der Waals surface area contributed by atoms with Crippen molar-refractivity contribution in [3.8, 4) is 6.07 Å². The van der Waals surface area contributed by atoms with E-state index >= 15 is 0 Å². The van der Waals surface area contributed by atoms with Gasteiger partial charge in [0, 0.05) is 19.3 Å². The molecule has 0 aliphatic heterocycles. The van der Waals surface area contributed by atoms with Crippen LogP contribution in [0, 0.1) is 31.1 Å². The van der Waals surface area contributed by atoms with Gasteiger partial charge in [0.25, 0.3) is 0 Å². The van der Waals surface area contributed by atoms with Gasteiger partial charge >= 0.3 is 0 Å². The van der Waals surface area contributed by atoms with Gasteiger partial charge < -0.3 is 4.90 Å². The smallest absolute Gasteiger partial charge is 0.0671 e. The van der Waals surface area contributed by atoms with Crippen molar-refractivity contribution in [3.05, 3.63) is 29.3 Å². The fourth-order valence-electron chi connectivity index (χ4n) is 1.95. The second-order valence-corrected chi connectivity index (χ2v) is 4.15. The van der Waals surface area contributed by atoms with Crippen molar-refractivity contribution in [3.63, 3.8) is 0 Å². The molecule has 1 atom stereocenters. The van der Waals surface area contributed by atoms with Crippen LogP contribution in [0.15, 0.2) is 18.2 Å². The number of para-hydroxylation sites is 1. The van der Waals surface area contributed by atoms with E-state index in [1.54, 1.807) is 0 Å². The number of hydrogen-bond donors (Lipinski definition) is 0. The molecule has 0 saturated carbocycles. The SMILES string of the molecule is Cc1cccc(C)c1N(C)CC(C)C#N. The molecule has 0 amide bonds. The lowest BCUT2D eigenvalue weighted by atomic mass is 10.1. The minimum Gasteiger partial charge on any atom is -0.373 e. The average molecular weight is 202 g/mol. The summed E-state index contributed by atoms with van der Waals surface area (Å²) in [4.78, 5) is 2.17. The van der Waals surface area contributed by atoms with Crippen molar-refractivity contribution in [2.45, 2.75) is 20.8 Å². The summed E-state index contributed by atoms with van der Waals surface area (Å²) < 4.78 is 0. The Kier molecular flexibility index (Phi) is 3.74. The molecule has 1 rings (SSSR count). The number of aryl methyl sites for hydroxylation is 2. The van der Waals surface area contributed by atoms with Crippen LogP contribution >= 0.6 is 0 Å². The van der Waals surface area contributed by atoms with Crippen LogP contribution in [0.5, 0.6) is 0 Å². The highest BCUT2D eigenvalue weighted by Crippen LogP contribution is 2.23. The van der Waals surface area contributed by atoms with Gasteiger partial charge in [-0.1, -0.05) is 18.2 Å². The summed E-state index contributed by atoms with van der Waals surface area (Å²) in [5.74, 6) is 0.0639. The van der Waals surface area contributed by atoms with Crippen LogP contribution in [-0.4, -0.2) is 13.6 Å². The number of hydrogen-bond acceptors (Lipinski definition) is 2. The fraction of sp³-hybridized carbons (Fsp3) is 0.462. The van der Waals surface area contributed by atoms with Gasteiger partial charge in [-0.05, 0) is 31.9 Å². The van der Waals surface area contributed by atoms with E-state index in [1.165, 1.54) is 16.8 Å². The zero-order valence-corrected chi connectivity index (χ0v) is 9.91. The van der Waals surface area contributed by atoms with Gasteiger partial charge in [0.05, 0.1) is 12.0 Å². The molecule has 2 nitrogen and oxygen atoms in total. The predicted molar refractivity (Wildman–Crippen MR) is 64.0 cm³/mol. The van der Waals surface area contributed by atoms with Gasteiger partial charge in [0.2, 0.25) is 0 Å². The van der Waals surface area contributed by atoms with Crippen molar-refractivity contribution in [2.24, 2.45) is 5.92 Å². The van der Waals surface area contributed by atoms with Gasteiger partial charge in [-0.2, -0.15) is 5.26 Å². The normalized spacial score (nSPS) is 11.9. The molecular weight excluding hydrogens is 184 g/mol. The number of benzene rings is 1. The minimum atomic E-state index is 0.0639. The Labute approximate surface area is 92.1 Å². The monoisotopic (exact) mass is 202 g/mol. The van der Waals surface area contributed by atoms with Crippen LogP contribution in [0.1, 0.15) is 18.1 Å². The predicted octanol–water partition coefficient (Wildman–Crippen LogP) is 2.90. The Morgan fingerprint density at radius 2 is 1.87 bits per heavy atom. The number of anilines is 1. The minimum absolute atomic E-state index is 0.0639. The van der Waals surface area contributed by atoms with Crippen LogP contribution < -0.4 is 4.90 Å². The molecule has 2 heteroatoms. The second kappa shape index (κ2) is 4.84. The molecule has 0 bridgehead atoms. The summed E-state index contributed by atoms with van der Waals surface area (Å²) in [5.41, 5.74) is 3.78. The summed E-state index contributed by atoms with van der Waals surface area (Å²) in [7, 11) is 2.04. The zero-order valence-electron chi connectivity index (χ0n) is 9.91. The van der Waals surface area contributed by atoms with Crippen LogP contribution in [0.4, 0.5) is 5.69 Å². The molecule has 80 valence electrons. The maximum absolute atomic E-state index is 8.79. The Hall–Kier alpha value is -1.49. The van der Waals surface area contributed by atoms with Gasteiger partial charge in [0.1, 0.15) is 0 Å². The molecule has 0 spiro atoms. The number of rotatable bonds is 3.